The fraction of sp³-hybridized carbons (Fsp3) is 0.579. The summed E-state index contributed by atoms with van der Waals surface area (Å²) in [5.41, 5.74) is 1.68. The third-order valence-electron chi connectivity index (χ3n) is 5.34. The van der Waals surface area contributed by atoms with Gasteiger partial charge >= 0.3 is 0 Å². The van der Waals surface area contributed by atoms with Crippen molar-refractivity contribution in [2.24, 2.45) is 11.3 Å². The van der Waals surface area contributed by atoms with Crippen molar-refractivity contribution in [1.82, 2.24) is 5.32 Å². The lowest BCUT2D eigenvalue weighted by Crippen LogP contribution is -2.43. The van der Waals surface area contributed by atoms with Crippen molar-refractivity contribution in [2.45, 2.75) is 40.0 Å². The molecule has 1 aliphatic heterocycles. The first-order chi connectivity index (χ1) is 11.5. The Hall–Kier alpha value is -1.88. The van der Waals surface area contributed by atoms with Crippen LogP contribution in [-0.4, -0.2) is 36.6 Å². The number of rotatable bonds is 7. The van der Waals surface area contributed by atoms with E-state index in [0.717, 1.165) is 24.1 Å². The molecule has 1 saturated heterocycles. The van der Waals surface area contributed by atoms with Crippen molar-refractivity contribution in [2.75, 3.05) is 24.6 Å². The highest BCUT2D eigenvalue weighted by molar-refractivity contribution is 6.09. The molecule has 1 aromatic carbocycles. The molecule has 2 amide bonds. The van der Waals surface area contributed by atoms with Gasteiger partial charge in [-0.1, -0.05) is 31.5 Å². The first-order valence-electron chi connectivity index (χ1n) is 8.73. The molecule has 5 nitrogen and oxygen atoms in total. The maximum Gasteiger partial charge on any atom is 0.239 e. The zero-order valence-corrected chi connectivity index (χ0v) is 14.8. The fourth-order valence-corrected chi connectivity index (χ4v) is 3.08. The average Bonchev–Trinajstić information content (AvgIpc) is 2.99. The number of benzene rings is 1. The van der Waals surface area contributed by atoms with Gasteiger partial charge in [0, 0.05) is 24.2 Å². The summed E-state index contributed by atoms with van der Waals surface area (Å²) >= 11 is 0. The van der Waals surface area contributed by atoms with Gasteiger partial charge in [-0.2, -0.15) is 0 Å². The molecule has 1 unspecified atom stereocenters. The van der Waals surface area contributed by atoms with Crippen molar-refractivity contribution >= 4 is 17.5 Å². The number of aliphatic hydroxyl groups excluding tert-OH is 1. The van der Waals surface area contributed by atoms with Crippen molar-refractivity contribution in [3.8, 4) is 0 Å². The maximum absolute atomic E-state index is 12.6. The molecule has 0 aromatic heterocycles. The molecule has 0 spiro atoms. The second-order valence-electron chi connectivity index (χ2n) is 6.75. The second-order valence-corrected chi connectivity index (χ2v) is 6.75. The van der Waals surface area contributed by atoms with Crippen LogP contribution in [0.1, 0.15) is 38.7 Å². The smallest absolute Gasteiger partial charge is 0.239 e. The minimum atomic E-state index is -0.628. The van der Waals surface area contributed by atoms with Crippen molar-refractivity contribution < 1.29 is 14.7 Å². The van der Waals surface area contributed by atoms with E-state index in [2.05, 4.69) is 5.32 Å². The van der Waals surface area contributed by atoms with Gasteiger partial charge in [-0.15, -0.1) is 0 Å². The van der Waals surface area contributed by atoms with Gasteiger partial charge < -0.3 is 15.3 Å². The highest BCUT2D eigenvalue weighted by Crippen LogP contribution is 2.27. The second kappa shape index (κ2) is 7.79. The molecule has 2 rings (SSSR count). The number of hydrogen-bond acceptors (Lipinski definition) is 3. The Balaban J connectivity index is 1.99. The number of amides is 2. The molecule has 0 bridgehead atoms. The number of nitrogens with zero attached hydrogens (tertiary/aromatic N) is 1. The number of carbonyl (C=O) groups excluding carboxylic acids is 2. The summed E-state index contributed by atoms with van der Waals surface area (Å²) < 4.78 is 0. The summed E-state index contributed by atoms with van der Waals surface area (Å²) in [4.78, 5) is 26.7. The molecule has 0 saturated carbocycles. The highest BCUT2D eigenvalue weighted by Gasteiger charge is 2.38. The standard InChI is InChI=1S/C19H28N2O3/c1-4-19(5-2,13-22)12-20-17(23)16-10-11-21(18(16)24)15-8-6-14(3)7-9-15/h6-9,16,22H,4-5,10-13H2,1-3H3,(H,20,23). The summed E-state index contributed by atoms with van der Waals surface area (Å²) in [5.74, 6) is -0.996. The number of aryl methyl sites for hydroxylation is 1. The van der Waals surface area contributed by atoms with Crippen LogP contribution < -0.4 is 10.2 Å². The Bertz CT molecular complexity index is 571. The van der Waals surface area contributed by atoms with E-state index in [1.807, 2.05) is 45.0 Å². The summed E-state index contributed by atoms with van der Waals surface area (Å²) in [6, 6.07) is 7.76. The normalized spacial score (nSPS) is 18.1. The van der Waals surface area contributed by atoms with Crippen LogP contribution in [0.2, 0.25) is 0 Å². The van der Waals surface area contributed by atoms with Crippen LogP contribution in [0.3, 0.4) is 0 Å². The van der Waals surface area contributed by atoms with Crippen LogP contribution in [0.15, 0.2) is 24.3 Å². The molecule has 2 N–H and O–H groups in total. The largest absolute Gasteiger partial charge is 0.396 e. The van der Waals surface area contributed by atoms with Crippen LogP contribution in [0.25, 0.3) is 0 Å². The van der Waals surface area contributed by atoms with Crippen molar-refractivity contribution in [3.63, 3.8) is 0 Å². The van der Waals surface area contributed by atoms with Gasteiger partial charge in [-0.05, 0) is 38.3 Å². The molecule has 1 heterocycles. The van der Waals surface area contributed by atoms with E-state index in [1.165, 1.54) is 0 Å². The third-order valence-corrected chi connectivity index (χ3v) is 5.34. The van der Waals surface area contributed by atoms with Gasteiger partial charge in [0.1, 0.15) is 5.92 Å². The number of nitrogens with one attached hydrogen (secondary N) is 1. The zero-order chi connectivity index (χ0) is 17.7. The monoisotopic (exact) mass is 332 g/mol. The lowest BCUT2D eigenvalue weighted by molar-refractivity contribution is -0.132. The van der Waals surface area contributed by atoms with Crippen LogP contribution in [0.5, 0.6) is 0 Å². The maximum atomic E-state index is 12.6. The SMILES string of the molecule is CCC(CC)(CO)CNC(=O)C1CCN(c2ccc(C)cc2)C1=O. The first kappa shape index (κ1) is 18.5. The summed E-state index contributed by atoms with van der Waals surface area (Å²) in [5, 5.41) is 12.5. The Morgan fingerprint density at radius 1 is 1.29 bits per heavy atom. The third kappa shape index (κ3) is 3.78. The van der Waals surface area contributed by atoms with E-state index in [0.29, 0.717) is 19.5 Å². The van der Waals surface area contributed by atoms with Gasteiger partial charge in [-0.25, -0.2) is 0 Å². The first-order valence-corrected chi connectivity index (χ1v) is 8.73. The van der Waals surface area contributed by atoms with Crippen molar-refractivity contribution in [1.29, 1.82) is 0 Å². The minimum absolute atomic E-state index is 0.0361. The van der Waals surface area contributed by atoms with Gasteiger partial charge in [0.05, 0.1) is 6.61 Å². The van der Waals surface area contributed by atoms with E-state index in [1.54, 1.807) is 4.90 Å². The number of anilines is 1. The molecule has 0 radical (unpaired) electrons. The predicted molar refractivity (Wildman–Crippen MR) is 94.7 cm³/mol. The number of hydrogen-bond donors (Lipinski definition) is 2. The lowest BCUT2D eigenvalue weighted by atomic mass is 9.83. The summed E-state index contributed by atoms with van der Waals surface area (Å²) in [6.45, 7) is 7.02. The quantitative estimate of drug-likeness (QED) is 0.753. The zero-order valence-electron chi connectivity index (χ0n) is 14.8. The molecule has 132 valence electrons. The van der Waals surface area contributed by atoms with Gasteiger partial charge in [0.25, 0.3) is 0 Å². The topological polar surface area (TPSA) is 69.6 Å². The van der Waals surface area contributed by atoms with Crippen molar-refractivity contribution in [3.05, 3.63) is 29.8 Å². The number of carbonyl (C=O) groups is 2. The molecule has 1 atom stereocenters. The van der Waals surface area contributed by atoms with Crippen LogP contribution in [0, 0.1) is 18.3 Å². The Kier molecular flexibility index (Phi) is 5.99. The van der Waals surface area contributed by atoms with E-state index in [-0.39, 0.29) is 23.8 Å². The molecule has 5 heteroatoms. The molecule has 1 fully saturated rings. The highest BCUT2D eigenvalue weighted by atomic mass is 16.3. The van der Waals surface area contributed by atoms with E-state index >= 15 is 0 Å². The molecule has 1 aliphatic rings. The van der Waals surface area contributed by atoms with Gasteiger partial charge in [0.2, 0.25) is 11.8 Å². The van der Waals surface area contributed by atoms with E-state index < -0.39 is 5.92 Å². The van der Waals surface area contributed by atoms with E-state index in [4.69, 9.17) is 0 Å². The Morgan fingerprint density at radius 3 is 2.46 bits per heavy atom. The summed E-state index contributed by atoms with van der Waals surface area (Å²) in [6.07, 6.45) is 2.10. The fourth-order valence-electron chi connectivity index (χ4n) is 3.08. The van der Waals surface area contributed by atoms with Gasteiger partial charge in [0.15, 0.2) is 0 Å². The predicted octanol–water partition coefficient (Wildman–Crippen LogP) is 2.26. The van der Waals surface area contributed by atoms with Crippen LogP contribution in [0.4, 0.5) is 5.69 Å². The van der Waals surface area contributed by atoms with Gasteiger partial charge in [-0.3, -0.25) is 9.59 Å². The minimum Gasteiger partial charge on any atom is -0.396 e. The van der Waals surface area contributed by atoms with Crippen LogP contribution >= 0.6 is 0 Å². The summed E-state index contributed by atoms with van der Waals surface area (Å²) in [7, 11) is 0. The molecule has 1 aromatic rings. The van der Waals surface area contributed by atoms with E-state index in [9.17, 15) is 14.7 Å². The molecule has 0 aliphatic carbocycles. The van der Waals surface area contributed by atoms with Crippen LogP contribution in [-0.2, 0) is 9.59 Å². The molecular weight excluding hydrogens is 304 g/mol. The lowest BCUT2D eigenvalue weighted by Gasteiger charge is -2.30. The Morgan fingerprint density at radius 2 is 1.92 bits per heavy atom. The number of aliphatic hydroxyl groups is 1. The average molecular weight is 332 g/mol. The molecule has 24 heavy (non-hydrogen) atoms. The Labute approximate surface area is 144 Å². The molecular formula is C19H28N2O3.